The van der Waals surface area contributed by atoms with Gasteiger partial charge in [0.25, 0.3) is 0 Å². The molecule has 23 heavy (non-hydrogen) atoms. The molecule has 0 amide bonds. The molecular formula is C21H40O2. The van der Waals surface area contributed by atoms with Gasteiger partial charge in [-0.05, 0) is 38.5 Å². The first-order valence-corrected chi connectivity index (χ1v) is 10.3. The van der Waals surface area contributed by atoms with Crippen molar-refractivity contribution in [2.24, 2.45) is 0 Å². The van der Waals surface area contributed by atoms with Gasteiger partial charge >= 0.3 is 0 Å². The monoisotopic (exact) mass is 324 g/mol. The molecule has 2 heteroatoms. The minimum atomic E-state index is 0.104. The smallest absolute Gasteiger partial charge is 0.157 e. The summed E-state index contributed by atoms with van der Waals surface area (Å²) in [6.45, 7) is 3.86. The minimum Gasteiger partial charge on any atom is -0.350 e. The summed E-state index contributed by atoms with van der Waals surface area (Å²) in [5.41, 5.74) is 0. The molecule has 0 radical (unpaired) electrons. The number of hydrogen-bond donors (Lipinski definition) is 0. The van der Waals surface area contributed by atoms with Crippen LogP contribution in [0.5, 0.6) is 0 Å². The predicted molar refractivity (Wildman–Crippen MR) is 99.8 cm³/mol. The summed E-state index contributed by atoms with van der Waals surface area (Å²) in [5, 5.41) is 0. The first-order valence-electron chi connectivity index (χ1n) is 10.3. The molecule has 0 spiro atoms. The third-order valence-corrected chi connectivity index (χ3v) is 4.64. The zero-order valence-electron chi connectivity index (χ0n) is 15.6. The Hall–Kier alpha value is -0.340. The Balaban J connectivity index is 1.69. The zero-order valence-corrected chi connectivity index (χ0v) is 15.6. The van der Waals surface area contributed by atoms with E-state index in [1.165, 1.54) is 89.9 Å². The van der Waals surface area contributed by atoms with Gasteiger partial charge in [-0.25, -0.2) is 0 Å². The Morgan fingerprint density at radius 1 is 0.652 bits per heavy atom. The van der Waals surface area contributed by atoms with Crippen LogP contribution < -0.4 is 0 Å². The van der Waals surface area contributed by atoms with Crippen LogP contribution in [0.2, 0.25) is 0 Å². The van der Waals surface area contributed by atoms with Crippen molar-refractivity contribution in [3.05, 3.63) is 12.2 Å². The molecular weight excluding hydrogens is 284 g/mol. The number of ether oxygens (including phenoxy) is 2. The molecule has 0 bridgehead atoms. The van der Waals surface area contributed by atoms with Crippen LogP contribution in [0.25, 0.3) is 0 Å². The Kier molecular flexibility index (Phi) is 14.9. The number of unbranched alkanes of at least 4 members (excludes halogenated alkanes) is 12. The zero-order chi connectivity index (χ0) is 16.4. The van der Waals surface area contributed by atoms with E-state index in [9.17, 15) is 0 Å². The Morgan fingerprint density at radius 2 is 1.13 bits per heavy atom. The molecule has 136 valence electrons. The fourth-order valence-corrected chi connectivity index (χ4v) is 3.13. The lowest BCUT2D eigenvalue weighted by atomic mass is 10.1. The molecule has 2 nitrogen and oxygen atoms in total. The summed E-state index contributed by atoms with van der Waals surface area (Å²) in [6, 6.07) is 0. The SMILES string of the molecule is CCCCCCCC/C=C\CCCCCCCCC1OCCO1. The van der Waals surface area contributed by atoms with Crippen molar-refractivity contribution in [3.8, 4) is 0 Å². The van der Waals surface area contributed by atoms with E-state index in [1.807, 2.05) is 0 Å². The van der Waals surface area contributed by atoms with Crippen molar-refractivity contribution < 1.29 is 9.47 Å². The predicted octanol–water partition coefficient (Wildman–Crippen LogP) is 6.79. The third-order valence-electron chi connectivity index (χ3n) is 4.64. The maximum Gasteiger partial charge on any atom is 0.157 e. The largest absolute Gasteiger partial charge is 0.350 e. The highest BCUT2D eigenvalue weighted by Crippen LogP contribution is 2.14. The normalized spacial score (nSPS) is 15.9. The standard InChI is InChI=1S/C21H40O2/c1-2-3-4-5-6-7-8-9-10-11-12-13-14-15-16-17-18-21-22-19-20-23-21/h9-10,21H,2-8,11-20H2,1H3/b10-9-. The van der Waals surface area contributed by atoms with Gasteiger partial charge in [-0.15, -0.1) is 0 Å². The Labute approximate surface area is 145 Å². The van der Waals surface area contributed by atoms with Crippen molar-refractivity contribution in [2.45, 2.75) is 110 Å². The van der Waals surface area contributed by atoms with Gasteiger partial charge in [0.05, 0.1) is 13.2 Å². The summed E-state index contributed by atoms with van der Waals surface area (Å²) >= 11 is 0. The topological polar surface area (TPSA) is 18.5 Å². The van der Waals surface area contributed by atoms with Crippen LogP contribution in [0.15, 0.2) is 12.2 Å². The summed E-state index contributed by atoms with van der Waals surface area (Å²) < 4.78 is 10.9. The average molecular weight is 325 g/mol. The quantitative estimate of drug-likeness (QED) is 0.230. The molecule has 0 saturated carbocycles. The molecule has 0 N–H and O–H groups in total. The third kappa shape index (κ3) is 13.8. The van der Waals surface area contributed by atoms with Crippen LogP contribution >= 0.6 is 0 Å². The average Bonchev–Trinajstić information content (AvgIpc) is 3.08. The molecule has 0 aromatic heterocycles. The maximum atomic E-state index is 5.45. The van der Waals surface area contributed by atoms with Crippen LogP contribution in [0.3, 0.4) is 0 Å². The van der Waals surface area contributed by atoms with Gasteiger partial charge < -0.3 is 9.47 Å². The lowest BCUT2D eigenvalue weighted by molar-refractivity contribution is -0.0480. The molecule has 0 aliphatic carbocycles. The van der Waals surface area contributed by atoms with Crippen molar-refractivity contribution in [3.63, 3.8) is 0 Å². The molecule has 0 aromatic rings. The van der Waals surface area contributed by atoms with Crippen LogP contribution in [0.4, 0.5) is 0 Å². The molecule has 1 saturated heterocycles. The molecule has 1 aliphatic rings. The summed E-state index contributed by atoms with van der Waals surface area (Å²) in [6.07, 6.45) is 25.1. The fraction of sp³-hybridized carbons (Fsp3) is 0.905. The highest BCUT2D eigenvalue weighted by Gasteiger charge is 2.14. The lowest BCUT2D eigenvalue weighted by Crippen LogP contribution is -2.06. The van der Waals surface area contributed by atoms with Crippen molar-refractivity contribution in [1.29, 1.82) is 0 Å². The Morgan fingerprint density at radius 3 is 1.70 bits per heavy atom. The van der Waals surface area contributed by atoms with Gasteiger partial charge in [0.1, 0.15) is 0 Å². The fourth-order valence-electron chi connectivity index (χ4n) is 3.13. The van der Waals surface area contributed by atoms with E-state index in [1.54, 1.807) is 0 Å². The highest BCUT2D eigenvalue weighted by molar-refractivity contribution is 4.81. The van der Waals surface area contributed by atoms with Crippen molar-refractivity contribution in [1.82, 2.24) is 0 Å². The molecule has 0 aromatic carbocycles. The van der Waals surface area contributed by atoms with Crippen LogP contribution in [0, 0.1) is 0 Å². The number of hydrogen-bond acceptors (Lipinski definition) is 2. The van der Waals surface area contributed by atoms with Crippen LogP contribution in [-0.4, -0.2) is 19.5 Å². The van der Waals surface area contributed by atoms with Gasteiger partial charge in [0.2, 0.25) is 0 Å². The Bertz CT molecular complexity index is 257. The molecule has 1 heterocycles. The van der Waals surface area contributed by atoms with E-state index < -0.39 is 0 Å². The van der Waals surface area contributed by atoms with Gasteiger partial charge in [0.15, 0.2) is 6.29 Å². The van der Waals surface area contributed by atoms with Gasteiger partial charge in [-0.3, -0.25) is 0 Å². The molecule has 0 atom stereocenters. The molecule has 1 aliphatic heterocycles. The van der Waals surface area contributed by atoms with Crippen LogP contribution in [0.1, 0.15) is 103 Å². The second-order valence-corrected chi connectivity index (χ2v) is 6.90. The van der Waals surface area contributed by atoms with Crippen molar-refractivity contribution >= 4 is 0 Å². The van der Waals surface area contributed by atoms with E-state index in [4.69, 9.17) is 9.47 Å². The summed E-state index contributed by atoms with van der Waals surface area (Å²) in [4.78, 5) is 0. The van der Waals surface area contributed by atoms with Crippen molar-refractivity contribution in [2.75, 3.05) is 13.2 Å². The van der Waals surface area contributed by atoms with Gasteiger partial charge in [-0.2, -0.15) is 0 Å². The van der Waals surface area contributed by atoms with E-state index in [0.717, 1.165) is 19.6 Å². The van der Waals surface area contributed by atoms with E-state index in [2.05, 4.69) is 19.1 Å². The first kappa shape index (κ1) is 20.7. The lowest BCUT2D eigenvalue weighted by Gasteiger charge is -2.07. The van der Waals surface area contributed by atoms with Gasteiger partial charge in [-0.1, -0.05) is 76.9 Å². The van der Waals surface area contributed by atoms with Crippen LogP contribution in [-0.2, 0) is 9.47 Å². The number of rotatable bonds is 16. The van der Waals surface area contributed by atoms with Gasteiger partial charge in [0, 0.05) is 0 Å². The molecule has 0 unspecified atom stereocenters. The summed E-state index contributed by atoms with van der Waals surface area (Å²) in [7, 11) is 0. The first-order chi connectivity index (χ1) is 11.4. The van der Waals surface area contributed by atoms with E-state index >= 15 is 0 Å². The minimum absolute atomic E-state index is 0.104. The molecule has 1 rings (SSSR count). The second kappa shape index (κ2) is 16.5. The maximum absolute atomic E-state index is 5.45. The van der Waals surface area contributed by atoms with E-state index in [-0.39, 0.29) is 6.29 Å². The van der Waals surface area contributed by atoms with E-state index in [0.29, 0.717) is 0 Å². The second-order valence-electron chi connectivity index (χ2n) is 6.90. The highest BCUT2D eigenvalue weighted by atomic mass is 16.7. The number of allylic oxidation sites excluding steroid dienone is 2. The summed E-state index contributed by atoms with van der Waals surface area (Å²) in [5.74, 6) is 0. The molecule has 1 fully saturated rings.